The van der Waals surface area contributed by atoms with Gasteiger partial charge in [-0.15, -0.1) is 23.7 Å². The van der Waals surface area contributed by atoms with Crippen LogP contribution in [0.3, 0.4) is 0 Å². The number of fused-ring (bicyclic) bond motifs is 1. The number of nitrogens with one attached hydrogen (secondary N) is 2. The van der Waals surface area contributed by atoms with Crippen molar-refractivity contribution in [3.63, 3.8) is 0 Å². The second kappa shape index (κ2) is 7.61. The van der Waals surface area contributed by atoms with E-state index in [9.17, 15) is 13.2 Å². The summed E-state index contributed by atoms with van der Waals surface area (Å²) in [5, 5.41) is 7.20. The molecule has 138 valence electrons. The van der Waals surface area contributed by atoms with Crippen LogP contribution in [0.1, 0.15) is 30.7 Å². The van der Waals surface area contributed by atoms with Crippen molar-refractivity contribution in [3.05, 3.63) is 35.2 Å². The van der Waals surface area contributed by atoms with Crippen molar-refractivity contribution in [2.45, 2.75) is 30.6 Å². The maximum atomic E-state index is 12.9. The molecule has 2 N–H and O–H groups in total. The van der Waals surface area contributed by atoms with Gasteiger partial charge in [-0.2, -0.15) is 0 Å². The number of rotatable bonds is 4. The van der Waals surface area contributed by atoms with Gasteiger partial charge in [-0.1, -0.05) is 18.2 Å². The first kappa shape index (κ1) is 20.2. The highest BCUT2D eigenvalue weighted by Crippen LogP contribution is 2.32. The molecule has 2 aromatic rings. The average Bonchev–Trinajstić information content (AvgIpc) is 2.98. The minimum absolute atomic E-state index is 0. The Balaban J connectivity index is 0.00000225. The molecule has 1 aliphatic rings. The van der Waals surface area contributed by atoms with Crippen molar-refractivity contribution in [1.82, 2.24) is 10.6 Å². The number of carbonyl (C=O) groups is 1. The quantitative estimate of drug-likeness (QED) is 0.824. The van der Waals surface area contributed by atoms with Gasteiger partial charge < -0.3 is 10.6 Å². The monoisotopic (exact) mass is 402 g/mol. The molecule has 0 bridgehead atoms. The van der Waals surface area contributed by atoms with Crippen LogP contribution in [0.4, 0.5) is 0 Å². The zero-order valence-electron chi connectivity index (χ0n) is 14.2. The van der Waals surface area contributed by atoms with Crippen molar-refractivity contribution in [2.75, 3.05) is 19.3 Å². The Labute approximate surface area is 158 Å². The Bertz CT molecular complexity index is 825. The summed E-state index contributed by atoms with van der Waals surface area (Å²) in [6.07, 6.45) is 1.80. The zero-order valence-corrected chi connectivity index (χ0v) is 16.7. The maximum absolute atomic E-state index is 12.9. The van der Waals surface area contributed by atoms with Crippen LogP contribution in [-0.2, 0) is 14.6 Å². The fourth-order valence-corrected chi connectivity index (χ4v) is 5.62. The highest BCUT2D eigenvalue weighted by atomic mass is 35.5. The van der Waals surface area contributed by atoms with E-state index in [2.05, 4.69) is 16.7 Å². The predicted molar refractivity (Wildman–Crippen MR) is 105 cm³/mol. The third kappa shape index (κ3) is 3.84. The molecular weight excluding hydrogens is 380 g/mol. The van der Waals surface area contributed by atoms with Crippen LogP contribution in [-0.4, -0.2) is 38.4 Å². The summed E-state index contributed by atoms with van der Waals surface area (Å²) in [5.41, 5.74) is 0. The summed E-state index contributed by atoms with van der Waals surface area (Å²) in [5.74, 6) is -0.378. The van der Waals surface area contributed by atoms with Crippen LogP contribution in [0.25, 0.3) is 10.1 Å². The van der Waals surface area contributed by atoms with Crippen LogP contribution in [0.15, 0.2) is 30.3 Å². The molecule has 1 fully saturated rings. The number of thiophene rings is 1. The molecule has 1 atom stereocenters. The van der Waals surface area contributed by atoms with Gasteiger partial charge in [0.2, 0.25) is 5.91 Å². The number of carbonyl (C=O) groups excluding carboxylic acids is 1. The molecule has 0 saturated carbocycles. The standard InChI is InChI=1S/C17H22N2O3S2.ClH/c1-12(15-11-13-5-3-4-6-14(13)23-15)19-16(20)17(24(2,21)22)7-9-18-10-8-17;/h3-6,11-12,18H,7-10H2,1-2H3,(H,19,20);1H. The van der Waals surface area contributed by atoms with Gasteiger partial charge in [0.1, 0.15) is 0 Å². The first-order valence-corrected chi connectivity index (χ1v) is 10.7. The van der Waals surface area contributed by atoms with Crippen LogP contribution in [0.5, 0.6) is 0 Å². The molecule has 2 heterocycles. The first-order chi connectivity index (χ1) is 11.3. The number of amides is 1. The van der Waals surface area contributed by atoms with Crippen molar-refractivity contribution in [1.29, 1.82) is 0 Å². The van der Waals surface area contributed by atoms with Gasteiger partial charge in [0.05, 0.1) is 6.04 Å². The van der Waals surface area contributed by atoms with Crippen LogP contribution in [0, 0.1) is 0 Å². The van der Waals surface area contributed by atoms with E-state index in [1.807, 2.05) is 31.2 Å². The zero-order chi connectivity index (χ0) is 17.4. The third-order valence-corrected chi connectivity index (χ3v) is 8.07. The molecule has 1 amide bonds. The Kier molecular flexibility index (Phi) is 6.14. The molecule has 0 spiro atoms. The lowest BCUT2D eigenvalue weighted by molar-refractivity contribution is -0.125. The number of hydrogen-bond donors (Lipinski definition) is 2. The Hall–Kier alpha value is -1.15. The molecule has 0 radical (unpaired) electrons. The van der Waals surface area contributed by atoms with Crippen LogP contribution in [0.2, 0.25) is 0 Å². The van der Waals surface area contributed by atoms with E-state index < -0.39 is 14.6 Å². The SMILES string of the molecule is CC(NC(=O)C1(S(C)(=O)=O)CCNCC1)c1cc2ccccc2s1.Cl. The largest absolute Gasteiger partial charge is 0.347 e. The van der Waals surface area contributed by atoms with E-state index in [-0.39, 0.29) is 24.4 Å². The summed E-state index contributed by atoms with van der Waals surface area (Å²) in [4.78, 5) is 13.9. The summed E-state index contributed by atoms with van der Waals surface area (Å²) < 4.78 is 24.5. The van der Waals surface area contributed by atoms with Gasteiger partial charge in [0.15, 0.2) is 14.6 Å². The van der Waals surface area contributed by atoms with Crippen molar-refractivity contribution >= 4 is 49.6 Å². The topological polar surface area (TPSA) is 75.3 Å². The Morgan fingerprint density at radius 1 is 1.28 bits per heavy atom. The van der Waals surface area contributed by atoms with E-state index in [1.54, 1.807) is 11.3 Å². The fraction of sp³-hybridized carbons (Fsp3) is 0.471. The lowest BCUT2D eigenvalue weighted by Gasteiger charge is -2.35. The van der Waals surface area contributed by atoms with Crippen molar-refractivity contribution < 1.29 is 13.2 Å². The number of sulfone groups is 1. The van der Waals surface area contributed by atoms with Gasteiger partial charge in [-0.3, -0.25) is 4.79 Å². The van der Waals surface area contributed by atoms with Gasteiger partial charge in [0, 0.05) is 15.8 Å². The van der Waals surface area contributed by atoms with Crippen LogP contribution >= 0.6 is 23.7 Å². The van der Waals surface area contributed by atoms with E-state index in [0.717, 1.165) is 15.0 Å². The van der Waals surface area contributed by atoms with Gasteiger partial charge in [-0.25, -0.2) is 8.42 Å². The smallest absolute Gasteiger partial charge is 0.242 e. The number of hydrogen-bond acceptors (Lipinski definition) is 5. The number of piperidine rings is 1. The lowest BCUT2D eigenvalue weighted by Crippen LogP contribution is -2.57. The molecule has 25 heavy (non-hydrogen) atoms. The summed E-state index contributed by atoms with van der Waals surface area (Å²) in [7, 11) is -3.49. The molecule has 8 heteroatoms. The molecule has 1 aliphatic heterocycles. The molecule has 1 saturated heterocycles. The van der Waals surface area contributed by atoms with E-state index in [4.69, 9.17) is 0 Å². The normalized spacial score (nSPS) is 18.3. The third-order valence-electron chi connectivity index (χ3n) is 4.75. The summed E-state index contributed by atoms with van der Waals surface area (Å²) in [6, 6.07) is 9.89. The van der Waals surface area contributed by atoms with Gasteiger partial charge >= 0.3 is 0 Å². The lowest BCUT2D eigenvalue weighted by atomic mass is 9.95. The highest BCUT2D eigenvalue weighted by Gasteiger charge is 2.48. The Morgan fingerprint density at radius 2 is 1.92 bits per heavy atom. The highest BCUT2D eigenvalue weighted by molar-refractivity contribution is 7.92. The molecule has 1 unspecified atom stereocenters. The van der Waals surface area contributed by atoms with Crippen molar-refractivity contribution in [2.24, 2.45) is 0 Å². The number of benzene rings is 1. The molecule has 5 nitrogen and oxygen atoms in total. The summed E-state index contributed by atoms with van der Waals surface area (Å²) in [6.45, 7) is 2.98. The molecule has 0 aliphatic carbocycles. The van der Waals surface area contributed by atoms with Crippen LogP contribution < -0.4 is 10.6 Å². The van der Waals surface area contributed by atoms with Gasteiger partial charge in [-0.05, 0) is 50.4 Å². The summed E-state index contributed by atoms with van der Waals surface area (Å²) >= 11 is 1.62. The second-order valence-electron chi connectivity index (χ2n) is 6.40. The average molecular weight is 403 g/mol. The van der Waals surface area contributed by atoms with Gasteiger partial charge in [0.25, 0.3) is 0 Å². The fourth-order valence-electron chi connectivity index (χ4n) is 3.21. The molecule has 1 aromatic heterocycles. The van der Waals surface area contributed by atoms with Crippen molar-refractivity contribution in [3.8, 4) is 0 Å². The number of halogens is 1. The first-order valence-electron chi connectivity index (χ1n) is 8.03. The van der Waals surface area contributed by atoms with E-state index >= 15 is 0 Å². The molecular formula is C17H23ClN2O3S2. The van der Waals surface area contributed by atoms with E-state index in [0.29, 0.717) is 25.9 Å². The van der Waals surface area contributed by atoms with E-state index in [1.165, 1.54) is 6.26 Å². The molecule has 3 rings (SSSR count). The predicted octanol–water partition coefficient (Wildman–Crippen LogP) is 2.67. The Morgan fingerprint density at radius 3 is 2.52 bits per heavy atom. The minimum atomic E-state index is -3.49. The second-order valence-corrected chi connectivity index (χ2v) is 9.84. The minimum Gasteiger partial charge on any atom is -0.347 e. The maximum Gasteiger partial charge on any atom is 0.242 e. The molecule has 1 aromatic carbocycles.